The van der Waals surface area contributed by atoms with E-state index in [4.69, 9.17) is 22.2 Å². The highest BCUT2D eigenvalue weighted by molar-refractivity contribution is 8.02. The van der Waals surface area contributed by atoms with E-state index in [1.165, 1.54) is 0 Å². The summed E-state index contributed by atoms with van der Waals surface area (Å²) in [5.41, 5.74) is 5.32. The Morgan fingerprint density at radius 1 is 1.07 bits per heavy atom. The number of aromatic nitrogens is 2. The summed E-state index contributed by atoms with van der Waals surface area (Å²) in [6, 6.07) is -0.267. The van der Waals surface area contributed by atoms with Gasteiger partial charge >= 0.3 is 18.0 Å². The number of phenolic OH excluding ortho intramolecular Hbond substituents is 2. The topological polar surface area (TPSA) is 337 Å². The minimum absolute atomic E-state index is 0.0466. The lowest BCUT2D eigenvalue weighted by Gasteiger charge is -2.41. The van der Waals surface area contributed by atoms with E-state index < -0.39 is 110 Å². The van der Waals surface area contributed by atoms with Crippen molar-refractivity contribution in [1.29, 1.82) is 0 Å². The van der Waals surface area contributed by atoms with Gasteiger partial charge in [0.25, 0.3) is 17.6 Å². The van der Waals surface area contributed by atoms with Crippen LogP contribution in [0.5, 0.6) is 11.5 Å². The number of anilines is 1. The number of carboxylic acids is 2. The van der Waals surface area contributed by atoms with Crippen molar-refractivity contribution < 1.29 is 63.6 Å². The molecule has 6 rings (SSSR count). The summed E-state index contributed by atoms with van der Waals surface area (Å²) in [6.45, 7) is -1.23. The van der Waals surface area contributed by atoms with Crippen LogP contribution in [0.25, 0.3) is 0 Å². The second-order valence-electron chi connectivity index (χ2n) is 12.4. The number of hydrazine groups is 1. The molecule has 23 nitrogen and oxygen atoms in total. The zero-order valence-electron chi connectivity index (χ0n) is 27.9. The number of benzene rings is 1. The number of nitrogens with one attached hydrogen (secondary N) is 3. The number of carbonyl (C=O) groups is 8. The standard InChI is InChI=1S/C29H29ClN10O13S2/c30-14-11(2-3-12(41)18(14)44)17(43)21(46)32-7-4-13(42)35-40-9-8-39(27(40)52)29(25(50)51)10-38-22(47)16(23(38)54-29)33-20(45)15(19-34-26(31)55-37-19)36-53-28(24(48)49)5-1-6-28/h2-3,16,23,41,44H,1,4-10H2,(H,32,46)(H,33,45)(H,35,42)(H,48,49)(H,50,51)(H2,31,34,37)/b36-15-/t16?,23-,29-/m1/s1. The maximum Gasteiger partial charge on any atom is 0.350 e. The van der Waals surface area contributed by atoms with Crippen molar-refractivity contribution in [3.05, 3.63) is 28.5 Å². The molecule has 6 amide bonds. The minimum atomic E-state index is -2.04. The van der Waals surface area contributed by atoms with Crippen molar-refractivity contribution in [3.8, 4) is 11.5 Å². The van der Waals surface area contributed by atoms with E-state index in [0.717, 1.165) is 26.9 Å². The minimum Gasteiger partial charge on any atom is -0.504 e. The van der Waals surface area contributed by atoms with E-state index in [0.29, 0.717) is 29.7 Å². The van der Waals surface area contributed by atoms with Crippen molar-refractivity contribution >= 4 is 93.1 Å². The molecule has 26 heteroatoms. The zero-order chi connectivity index (χ0) is 40.0. The van der Waals surface area contributed by atoms with Gasteiger partial charge in [0.2, 0.25) is 33.8 Å². The van der Waals surface area contributed by atoms with Crippen LogP contribution in [-0.2, 0) is 33.6 Å². The number of hydrogen-bond acceptors (Lipinski definition) is 17. The number of nitrogens with two attached hydrogens (primary N) is 1. The van der Waals surface area contributed by atoms with Gasteiger partial charge in [0.05, 0.1) is 23.7 Å². The number of rotatable bonds is 14. The Labute approximate surface area is 320 Å². The van der Waals surface area contributed by atoms with Gasteiger partial charge in [-0.1, -0.05) is 28.5 Å². The lowest BCUT2D eigenvalue weighted by Crippen LogP contribution is -2.68. The highest BCUT2D eigenvalue weighted by Gasteiger charge is 2.66. The quantitative estimate of drug-likeness (QED) is 0.0261. The second kappa shape index (κ2) is 14.7. The van der Waals surface area contributed by atoms with Crippen LogP contribution in [0.2, 0.25) is 5.02 Å². The number of amides is 6. The number of carboxylic acid groups (broad SMARTS) is 2. The normalized spacial score (nSPS) is 22.6. The second-order valence-corrected chi connectivity index (χ2v) is 15.0. The number of thioether (sulfide) groups is 1. The molecule has 3 aliphatic heterocycles. The SMILES string of the molecule is Nc1nc(/C(=N/OC2(C(=O)O)CCC2)C(=O)NC2C(=O)N3C[C@@](C(=O)O)(N4CCN(NC(=O)CCNC(=O)C(=O)c5ccc(O)c(O)c5Cl)C4=O)S[C@H]23)ns1. The third kappa shape index (κ3) is 6.95. The molecule has 1 unspecified atom stereocenters. The van der Waals surface area contributed by atoms with Crippen molar-refractivity contribution in [2.24, 2.45) is 5.16 Å². The van der Waals surface area contributed by atoms with E-state index in [-0.39, 0.29) is 43.4 Å². The fourth-order valence-electron chi connectivity index (χ4n) is 5.91. The average Bonchev–Trinajstić information content (AvgIpc) is 3.82. The molecular weight excluding hydrogens is 796 g/mol. The molecule has 3 saturated heterocycles. The summed E-state index contributed by atoms with van der Waals surface area (Å²) in [5, 5.41) is 46.8. The molecule has 3 atom stereocenters. The van der Waals surface area contributed by atoms with Crippen LogP contribution in [-0.4, -0.2) is 146 Å². The number of nitrogen functional groups attached to an aromatic ring is 1. The Hall–Kier alpha value is -5.95. The smallest absolute Gasteiger partial charge is 0.350 e. The Morgan fingerprint density at radius 3 is 2.42 bits per heavy atom. The molecule has 55 heavy (non-hydrogen) atoms. The number of fused-ring (bicyclic) bond motifs is 1. The van der Waals surface area contributed by atoms with E-state index >= 15 is 0 Å². The maximum atomic E-state index is 13.4. The first kappa shape index (κ1) is 38.8. The van der Waals surface area contributed by atoms with Crippen molar-refractivity contribution in [1.82, 2.24) is 40.2 Å². The molecular formula is C29H29ClN10O13S2. The first-order valence-electron chi connectivity index (χ1n) is 16.0. The molecule has 1 aromatic carbocycles. The number of halogens is 1. The van der Waals surface area contributed by atoms with Crippen LogP contribution in [0.1, 0.15) is 41.9 Å². The van der Waals surface area contributed by atoms with E-state index in [1.54, 1.807) is 0 Å². The van der Waals surface area contributed by atoms with Gasteiger partial charge in [0.1, 0.15) is 11.4 Å². The Morgan fingerprint density at radius 2 is 1.80 bits per heavy atom. The van der Waals surface area contributed by atoms with Gasteiger partial charge in [0.15, 0.2) is 16.6 Å². The largest absolute Gasteiger partial charge is 0.504 e. The van der Waals surface area contributed by atoms with Gasteiger partial charge < -0.3 is 46.5 Å². The highest BCUT2D eigenvalue weighted by Crippen LogP contribution is 2.49. The molecule has 4 heterocycles. The molecule has 9 N–H and O–H groups in total. The summed E-state index contributed by atoms with van der Waals surface area (Å²) in [7, 11) is 0. The van der Waals surface area contributed by atoms with Crippen LogP contribution < -0.4 is 21.8 Å². The molecule has 0 radical (unpaired) electrons. The molecule has 4 fully saturated rings. The third-order valence-corrected chi connectivity index (χ3v) is 11.7. The molecule has 292 valence electrons. The van der Waals surface area contributed by atoms with Gasteiger partial charge in [0, 0.05) is 43.9 Å². The summed E-state index contributed by atoms with van der Waals surface area (Å²) in [4.78, 5) is 111. The molecule has 1 aliphatic carbocycles. The van der Waals surface area contributed by atoms with Gasteiger partial charge in [-0.2, -0.15) is 9.36 Å². The van der Waals surface area contributed by atoms with Crippen molar-refractivity contribution in [2.75, 3.05) is 31.9 Å². The number of nitrogens with zero attached hydrogens (tertiary/aromatic N) is 6. The van der Waals surface area contributed by atoms with E-state index in [9.17, 15) is 58.8 Å². The molecule has 1 saturated carbocycles. The molecule has 2 aromatic rings. The summed E-state index contributed by atoms with van der Waals surface area (Å²) >= 11 is 7.24. The number of hydrogen-bond donors (Lipinski definition) is 8. The van der Waals surface area contributed by atoms with Gasteiger partial charge in [-0.05, 0) is 18.6 Å². The Balaban J connectivity index is 1.06. The van der Waals surface area contributed by atoms with Gasteiger partial charge in [-0.15, -0.1) is 0 Å². The van der Waals surface area contributed by atoms with Gasteiger partial charge in [-0.25, -0.2) is 19.4 Å². The lowest BCUT2D eigenvalue weighted by molar-refractivity contribution is -0.178. The number of urea groups is 1. The predicted octanol–water partition coefficient (Wildman–Crippen LogP) is -1.75. The van der Waals surface area contributed by atoms with Crippen LogP contribution in [0.15, 0.2) is 17.3 Å². The van der Waals surface area contributed by atoms with Crippen molar-refractivity contribution in [2.45, 2.75) is 47.6 Å². The van der Waals surface area contributed by atoms with Crippen LogP contribution in [0.3, 0.4) is 0 Å². The Kier molecular flexibility index (Phi) is 10.4. The number of oxime groups is 1. The van der Waals surface area contributed by atoms with Gasteiger partial charge in [-0.3, -0.25) is 34.3 Å². The lowest BCUT2D eigenvalue weighted by atomic mass is 9.80. The molecule has 0 spiro atoms. The number of β-lactam (4-membered cyclic amide) rings is 1. The van der Waals surface area contributed by atoms with Crippen LogP contribution >= 0.6 is 34.9 Å². The maximum absolute atomic E-state index is 13.4. The van der Waals surface area contributed by atoms with E-state index in [1.807, 2.05) is 0 Å². The monoisotopic (exact) mass is 824 g/mol. The molecule has 1 aromatic heterocycles. The summed E-state index contributed by atoms with van der Waals surface area (Å²) < 4.78 is 3.93. The van der Waals surface area contributed by atoms with Crippen LogP contribution in [0.4, 0.5) is 9.93 Å². The molecule has 0 bridgehead atoms. The Bertz CT molecular complexity index is 2060. The number of phenols is 2. The zero-order valence-corrected chi connectivity index (χ0v) is 30.3. The predicted molar refractivity (Wildman–Crippen MR) is 185 cm³/mol. The number of carbonyl (C=O) groups excluding carboxylic acids is 6. The summed E-state index contributed by atoms with van der Waals surface area (Å²) in [6.07, 6.45) is 0.367. The number of ketones is 1. The number of aromatic hydroxyl groups is 2. The van der Waals surface area contributed by atoms with Crippen molar-refractivity contribution in [3.63, 3.8) is 0 Å². The number of Topliss-reactive ketones (excluding diaryl/α,β-unsaturated/α-hetero) is 1. The molecule has 4 aliphatic rings. The third-order valence-electron chi connectivity index (χ3n) is 9.08. The summed E-state index contributed by atoms with van der Waals surface area (Å²) in [5.74, 6) is -9.36. The fourth-order valence-corrected chi connectivity index (χ4v) is 8.23. The highest BCUT2D eigenvalue weighted by atomic mass is 35.5. The van der Waals surface area contributed by atoms with Crippen LogP contribution in [0, 0.1) is 0 Å². The number of aliphatic carboxylic acids is 2. The average molecular weight is 825 g/mol. The fraction of sp³-hybridized carbons (Fsp3) is 0.414. The van der Waals surface area contributed by atoms with E-state index in [2.05, 4.69) is 30.6 Å². The first-order chi connectivity index (χ1) is 26.0. The first-order valence-corrected chi connectivity index (χ1v) is 18.1.